The van der Waals surface area contributed by atoms with Crippen molar-refractivity contribution in [3.63, 3.8) is 0 Å². The molecule has 6 heteroatoms. The van der Waals surface area contributed by atoms with Crippen molar-refractivity contribution in [1.29, 1.82) is 0 Å². The molecule has 1 saturated carbocycles. The van der Waals surface area contributed by atoms with Gasteiger partial charge in [0, 0.05) is 5.56 Å². The molecular formula is C14H19F3N2O. The smallest absolute Gasteiger partial charge is 0.405 e. The summed E-state index contributed by atoms with van der Waals surface area (Å²) in [7, 11) is 0. The van der Waals surface area contributed by atoms with E-state index in [1.807, 2.05) is 0 Å². The molecule has 1 fully saturated rings. The van der Waals surface area contributed by atoms with Crippen molar-refractivity contribution in [1.82, 2.24) is 5.43 Å². The summed E-state index contributed by atoms with van der Waals surface area (Å²) in [6.45, 7) is 0. The summed E-state index contributed by atoms with van der Waals surface area (Å²) in [5.74, 6) is 5.65. The number of hydrogen-bond donors (Lipinski definition) is 2. The lowest BCUT2D eigenvalue weighted by Gasteiger charge is -2.31. The zero-order valence-corrected chi connectivity index (χ0v) is 11.1. The molecule has 0 aromatic heterocycles. The van der Waals surface area contributed by atoms with Crippen LogP contribution in [0.1, 0.15) is 43.7 Å². The molecule has 0 saturated heterocycles. The van der Waals surface area contributed by atoms with Gasteiger partial charge in [0.2, 0.25) is 0 Å². The van der Waals surface area contributed by atoms with Gasteiger partial charge >= 0.3 is 6.36 Å². The van der Waals surface area contributed by atoms with Crippen LogP contribution >= 0.6 is 0 Å². The summed E-state index contributed by atoms with van der Waals surface area (Å²) in [6.07, 6.45) is 0.594. The predicted octanol–water partition coefficient (Wildman–Crippen LogP) is 3.67. The molecule has 0 heterocycles. The standard InChI is InChI=1S/C14H19F3N2O/c15-14(16,17)20-12-9-5-4-8-11(12)13(19-18)10-6-2-1-3-7-10/h4-5,8-10,13,19H,1-3,6-7,18H2. The summed E-state index contributed by atoms with van der Waals surface area (Å²) in [5, 5.41) is 0. The molecule has 2 rings (SSSR count). The van der Waals surface area contributed by atoms with Gasteiger partial charge in [-0.15, -0.1) is 13.2 Å². The van der Waals surface area contributed by atoms with Crippen molar-refractivity contribution < 1.29 is 17.9 Å². The summed E-state index contributed by atoms with van der Waals surface area (Å²) < 4.78 is 41.5. The minimum Gasteiger partial charge on any atom is -0.405 e. The van der Waals surface area contributed by atoms with Gasteiger partial charge in [0.05, 0.1) is 6.04 Å². The average Bonchev–Trinajstić information content (AvgIpc) is 2.41. The third kappa shape index (κ3) is 3.86. The maximum absolute atomic E-state index is 12.5. The third-order valence-corrected chi connectivity index (χ3v) is 3.78. The number of hydrazine groups is 1. The van der Waals surface area contributed by atoms with E-state index in [9.17, 15) is 13.2 Å². The average molecular weight is 288 g/mol. The minimum atomic E-state index is -4.69. The van der Waals surface area contributed by atoms with Crippen LogP contribution in [0.4, 0.5) is 13.2 Å². The molecule has 3 N–H and O–H groups in total. The first-order chi connectivity index (χ1) is 9.51. The third-order valence-electron chi connectivity index (χ3n) is 3.78. The van der Waals surface area contributed by atoms with Gasteiger partial charge < -0.3 is 4.74 Å². The van der Waals surface area contributed by atoms with E-state index in [0.717, 1.165) is 25.7 Å². The van der Waals surface area contributed by atoms with Crippen molar-refractivity contribution in [3.05, 3.63) is 29.8 Å². The number of alkyl halides is 3. The van der Waals surface area contributed by atoms with Crippen LogP contribution in [0, 0.1) is 5.92 Å². The van der Waals surface area contributed by atoms with Crippen LogP contribution in [-0.4, -0.2) is 6.36 Å². The molecule has 1 aliphatic rings. The number of nitrogens with one attached hydrogen (secondary N) is 1. The Morgan fingerprint density at radius 2 is 1.80 bits per heavy atom. The Balaban J connectivity index is 2.24. The second-order valence-electron chi connectivity index (χ2n) is 5.13. The van der Waals surface area contributed by atoms with Gasteiger partial charge in [-0.3, -0.25) is 11.3 Å². The molecule has 0 spiro atoms. The Labute approximate surface area is 116 Å². The first kappa shape index (κ1) is 15.1. The monoisotopic (exact) mass is 288 g/mol. The Hall–Kier alpha value is -1.27. The van der Waals surface area contributed by atoms with Crippen LogP contribution in [0.25, 0.3) is 0 Å². The fourth-order valence-electron chi connectivity index (χ4n) is 2.90. The summed E-state index contributed by atoms with van der Waals surface area (Å²) in [5.41, 5.74) is 3.14. The van der Waals surface area contributed by atoms with E-state index in [2.05, 4.69) is 10.2 Å². The summed E-state index contributed by atoms with van der Waals surface area (Å²) in [6, 6.07) is 5.88. The largest absolute Gasteiger partial charge is 0.573 e. The zero-order valence-electron chi connectivity index (χ0n) is 11.1. The molecule has 0 radical (unpaired) electrons. The summed E-state index contributed by atoms with van der Waals surface area (Å²) >= 11 is 0. The van der Waals surface area contributed by atoms with Crippen molar-refractivity contribution >= 4 is 0 Å². The van der Waals surface area contributed by atoms with Crippen molar-refractivity contribution in [3.8, 4) is 5.75 Å². The fraction of sp³-hybridized carbons (Fsp3) is 0.571. The number of halogens is 3. The molecule has 1 unspecified atom stereocenters. The van der Waals surface area contributed by atoms with Crippen molar-refractivity contribution in [2.75, 3.05) is 0 Å². The molecule has 0 aliphatic heterocycles. The van der Waals surface area contributed by atoms with Gasteiger partial charge in [-0.2, -0.15) is 0 Å². The summed E-state index contributed by atoms with van der Waals surface area (Å²) in [4.78, 5) is 0. The van der Waals surface area contributed by atoms with E-state index >= 15 is 0 Å². The van der Waals surface area contributed by atoms with Gasteiger partial charge in [-0.25, -0.2) is 0 Å². The number of rotatable bonds is 4. The van der Waals surface area contributed by atoms with E-state index in [1.165, 1.54) is 18.6 Å². The Morgan fingerprint density at radius 1 is 1.15 bits per heavy atom. The number of ether oxygens (including phenoxy) is 1. The second kappa shape index (κ2) is 6.45. The van der Waals surface area contributed by atoms with E-state index in [0.29, 0.717) is 5.56 Å². The van der Waals surface area contributed by atoms with Crippen LogP contribution in [0.15, 0.2) is 24.3 Å². The van der Waals surface area contributed by atoms with Gasteiger partial charge in [-0.1, -0.05) is 37.5 Å². The fourth-order valence-corrected chi connectivity index (χ4v) is 2.90. The predicted molar refractivity (Wildman–Crippen MR) is 69.8 cm³/mol. The molecule has 1 aromatic carbocycles. The molecule has 1 atom stereocenters. The number of benzene rings is 1. The molecule has 1 aromatic rings. The first-order valence-electron chi connectivity index (χ1n) is 6.82. The molecule has 1 aliphatic carbocycles. The Kier molecular flexibility index (Phi) is 4.88. The van der Waals surface area contributed by atoms with E-state index in [-0.39, 0.29) is 17.7 Å². The molecule has 0 bridgehead atoms. The van der Waals surface area contributed by atoms with Crippen LogP contribution < -0.4 is 16.0 Å². The first-order valence-corrected chi connectivity index (χ1v) is 6.82. The van der Waals surface area contributed by atoms with Gasteiger partial charge in [0.1, 0.15) is 5.75 Å². The molecular weight excluding hydrogens is 269 g/mol. The molecule has 0 amide bonds. The van der Waals surface area contributed by atoms with Crippen LogP contribution in [0.2, 0.25) is 0 Å². The van der Waals surface area contributed by atoms with Crippen LogP contribution in [0.3, 0.4) is 0 Å². The van der Waals surface area contributed by atoms with Crippen LogP contribution in [0.5, 0.6) is 5.75 Å². The Bertz CT molecular complexity index is 431. The SMILES string of the molecule is NNC(c1ccccc1OC(F)(F)F)C1CCCCC1. The lowest BCUT2D eigenvalue weighted by molar-refractivity contribution is -0.275. The van der Waals surface area contributed by atoms with E-state index in [1.54, 1.807) is 12.1 Å². The van der Waals surface area contributed by atoms with E-state index < -0.39 is 6.36 Å². The number of nitrogens with two attached hydrogens (primary N) is 1. The highest BCUT2D eigenvalue weighted by Crippen LogP contribution is 2.38. The van der Waals surface area contributed by atoms with Gasteiger partial charge in [0.25, 0.3) is 0 Å². The number of hydrogen-bond acceptors (Lipinski definition) is 3. The normalized spacial score (nSPS) is 18.8. The topological polar surface area (TPSA) is 47.3 Å². The molecule has 20 heavy (non-hydrogen) atoms. The van der Waals surface area contributed by atoms with Crippen LogP contribution in [-0.2, 0) is 0 Å². The zero-order chi connectivity index (χ0) is 14.6. The lowest BCUT2D eigenvalue weighted by atomic mass is 9.81. The molecule has 112 valence electrons. The highest BCUT2D eigenvalue weighted by molar-refractivity contribution is 5.36. The quantitative estimate of drug-likeness (QED) is 0.656. The lowest BCUT2D eigenvalue weighted by Crippen LogP contribution is -2.35. The van der Waals surface area contributed by atoms with Crippen molar-refractivity contribution in [2.24, 2.45) is 11.8 Å². The van der Waals surface area contributed by atoms with Crippen molar-refractivity contribution in [2.45, 2.75) is 44.5 Å². The minimum absolute atomic E-state index is 0.173. The molecule has 3 nitrogen and oxygen atoms in total. The van der Waals surface area contributed by atoms with Gasteiger partial charge in [-0.05, 0) is 24.8 Å². The highest BCUT2D eigenvalue weighted by atomic mass is 19.4. The maximum Gasteiger partial charge on any atom is 0.573 e. The highest BCUT2D eigenvalue weighted by Gasteiger charge is 2.34. The second-order valence-corrected chi connectivity index (χ2v) is 5.13. The maximum atomic E-state index is 12.5. The Morgan fingerprint density at radius 3 is 2.40 bits per heavy atom. The van der Waals surface area contributed by atoms with Gasteiger partial charge in [0.15, 0.2) is 0 Å². The number of para-hydroxylation sites is 1. The van der Waals surface area contributed by atoms with E-state index in [4.69, 9.17) is 5.84 Å².